The molecule has 1 aromatic heterocycles. The molecule has 1 N–H and O–H groups in total. The molecule has 2 aromatic rings. The predicted molar refractivity (Wildman–Crippen MR) is 75.0 cm³/mol. The van der Waals surface area contributed by atoms with Gasteiger partial charge in [-0.2, -0.15) is 0 Å². The van der Waals surface area contributed by atoms with Gasteiger partial charge in [0.25, 0.3) is 0 Å². The molecule has 1 aliphatic carbocycles. The molecule has 7 nitrogen and oxygen atoms in total. The SMILES string of the molecule is COc1c(-c2cnc(CNC3CC3)o2)cccc1[N+](=O)[O-]. The van der Waals surface area contributed by atoms with Gasteiger partial charge in [-0.1, -0.05) is 6.07 Å². The summed E-state index contributed by atoms with van der Waals surface area (Å²) in [5.74, 6) is 1.20. The highest BCUT2D eigenvalue weighted by Gasteiger charge is 2.23. The molecule has 1 aliphatic rings. The lowest BCUT2D eigenvalue weighted by atomic mass is 10.1. The zero-order valence-electron chi connectivity index (χ0n) is 11.5. The minimum absolute atomic E-state index is 0.0935. The number of nitrogens with zero attached hydrogens (tertiary/aromatic N) is 2. The normalized spacial score (nSPS) is 14.1. The molecule has 0 saturated heterocycles. The molecule has 0 amide bonds. The van der Waals surface area contributed by atoms with Gasteiger partial charge < -0.3 is 14.5 Å². The molecular weight excluding hydrogens is 274 g/mol. The van der Waals surface area contributed by atoms with Gasteiger partial charge in [0.15, 0.2) is 5.76 Å². The molecule has 110 valence electrons. The number of oxazole rings is 1. The maximum atomic E-state index is 11.0. The number of nitrogens with one attached hydrogen (secondary N) is 1. The molecule has 1 saturated carbocycles. The first-order valence-electron chi connectivity index (χ1n) is 6.69. The maximum Gasteiger partial charge on any atom is 0.311 e. The topological polar surface area (TPSA) is 90.4 Å². The number of aromatic nitrogens is 1. The smallest absolute Gasteiger partial charge is 0.311 e. The van der Waals surface area contributed by atoms with Crippen LogP contribution >= 0.6 is 0 Å². The van der Waals surface area contributed by atoms with E-state index in [0.29, 0.717) is 29.8 Å². The molecule has 0 aliphatic heterocycles. The van der Waals surface area contributed by atoms with Crippen molar-refractivity contribution in [3.8, 4) is 17.1 Å². The summed E-state index contributed by atoms with van der Waals surface area (Å²) in [5, 5.41) is 14.3. The Hall–Kier alpha value is -2.41. The molecular formula is C14H15N3O4. The third kappa shape index (κ3) is 2.87. The molecule has 21 heavy (non-hydrogen) atoms. The lowest BCUT2D eigenvalue weighted by molar-refractivity contribution is -0.385. The van der Waals surface area contributed by atoms with Crippen molar-refractivity contribution in [3.05, 3.63) is 40.4 Å². The Morgan fingerprint density at radius 2 is 2.33 bits per heavy atom. The first kappa shape index (κ1) is 13.6. The maximum absolute atomic E-state index is 11.0. The van der Waals surface area contributed by atoms with Gasteiger partial charge in [-0.15, -0.1) is 0 Å². The zero-order chi connectivity index (χ0) is 14.8. The largest absolute Gasteiger partial charge is 0.490 e. The van der Waals surface area contributed by atoms with Crippen molar-refractivity contribution < 1.29 is 14.1 Å². The van der Waals surface area contributed by atoms with E-state index in [9.17, 15) is 10.1 Å². The van der Waals surface area contributed by atoms with E-state index in [4.69, 9.17) is 9.15 Å². The molecule has 0 radical (unpaired) electrons. The van der Waals surface area contributed by atoms with Crippen LogP contribution in [0.3, 0.4) is 0 Å². The lowest BCUT2D eigenvalue weighted by Crippen LogP contribution is -2.15. The van der Waals surface area contributed by atoms with Gasteiger partial charge in [0.1, 0.15) is 0 Å². The molecule has 3 rings (SSSR count). The number of nitro benzene ring substituents is 1. The zero-order valence-corrected chi connectivity index (χ0v) is 11.5. The number of methoxy groups -OCH3 is 1. The van der Waals surface area contributed by atoms with Crippen molar-refractivity contribution in [1.29, 1.82) is 0 Å². The molecule has 0 atom stereocenters. The van der Waals surface area contributed by atoms with E-state index < -0.39 is 4.92 Å². The quantitative estimate of drug-likeness (QED) is 0.649. The van der Waals surface area contributed by atoms with Crippen molar-refractivity contribution in [2.24, 2.45) is 0 Å². The minimum atomic E-state index is -0.478. The molecule has 1 aromatic carbocycles. The Bertz CT molecular complexity index is 664. The van der Waals surface area contributed by atoms with Crippen LogP contribution in [0.25, 0.3) is 11.3 Å². The molecule has 0 unspecified atom stereocenters. The standard InChI is InChI=1S/C14H15N3O4/c1-20-14-10(3-2-4-11(14)17(18)19)12-7-16-13(21-12)8-15-9-5-6-9/h2-4,7,9,15H,5-6,8H2,1H3. The third-order valence-corrected chi connectivity index (χ3v) is 3.33. The van der Waals surface area contributed by atoms with Gasteiger partial charge in [0, 0.05) is 12.1 Å². The van der Waals surface area contributed by atoms with Crippen LogP contribution in [0.2, 0.25) is 0 Å². The fourth-order valence-corrected chi connectivity index (χ4v) is 2.11. The number of nitro groups is 1. The average molecular weight is 289 g/mol. The van der Waals surface area contributed by atoms with Crippen molar-refractivity contribution in [1.82, 2.24) is 10.3 Å². The van der Waals surface area contributed by atoms with E-state index >= 15 is 0 Å². The number of ether oxygens (including phenoxy) is 1. The monoisotopic (exact) mass is 289 g/mol. The first-order chi connectivity index (χ1) is 10.2. The van der Waals surface area contributed by atoms with E-state index in [-0.39, 0.29) is 11.4 Å². The summed E-state index contributed by atoms with van der Waals surface area (Å²) in [6, 6.07) is 5.27. The van der Waals surface area contributed by atoms with Crippen LogP contribution in [0.5, 0.6) is 5.75 Å². The highest BCUT2D eigenvalue weighted by atomic mass is 16.6. The van der Waals surface area contributed by atoms with E-state index in [1.54, 1.807) is 18.3 Å². The number of benzene rings is 1. The fraction of sp³-hybridized carbons (Fsp3) is 0.357. The summed E-state index contributed by atoms with van der Waals surface area (Å²) in [7, 11) is 1.40. The van der Waals surface area contributed by atoms with Crippen LogP contribution in [-0.4, -0.2) is 23.1 Å². The van der Waals surface area contributed by atoms with Crippen molar-refractivity contribution >= 4 is 5.69 Å². The fourth-order valence-electron chi connectivity index (χ4n) is 2.11. The van der Waals surface area contributed by atoms with Gasteiger partial charge in [-0.25, -0.2) is 4.98 Å². The van der Waals surface area contributed by atoms with Crippen molar-refractivity contribution in [3.63, 3.8) is 0 Å². The van der Waals surface area contributed by atoms with Gasteiger partial charge in [0.05, 0.1) is 30.3 Å². The Morgan fingerprint density at radius 1 is 1.52 bits per heavy atom. The third-order valence-electron chi connectivity index (χ3n) is 3.33. The van der Waals surface area contributed by atoms with E-state index in [2.05, 4.69) is 10.3 Å². The number of hydrogen-bond acceptors (Lipinski definition) is 6. The molecule has 1 heterocycles. The van der Waals surface area contributed by atoms with Crippen LogP contribution in [0.4, 0.5) is 5.69 Å². The highest BCUT2D eigenvalue weighted by molar-refractivity contribution is 5.71. The molecule has 0 bridgehead atoms. The first-order valence-corrected chi connectivity index (χ1v) is 6.69. The van der Waals surface area contributed by atoms with Crippen molar-refractivity contribution in [2.75, 3.05) is 7.11 Å². The summed E-state index contributed by atoms with van der Waals surface area (Å²) in [5.41, 5.74) is 0.431. The van der Waals surface area contributed by atoms with Crippen LogP contribution in [0.15, 0.2) is 28.8 Å². The number of hydrogen-bond donors (Lipinski definition) is 1. The summed E-state index contributed by atoms with van der Waals surface area (Å²) in [4.78, 5) is 14.7. The Balaban J connectivity index is 1.88. The van der Waals surface area contributed by atoms with Crippen LogP contribution < -0.4 is 10.1 Å². The van der Waals surface area contributed by atoms with Crippen LogP contribution in [-0.2, 0) is 6.54 Å². The summed E-state index contributed by atoms with van der Waals surface area (Å²) in [6.45, 7) is 0.557. The van der Waals surface area contributed by atoms with Gasteiger partial charge >= 0.3 is 5.69 Å². The Kier molecular flexibility index (Phi) is 3.57. The second kappa shape index (κ2) is 5.53. The van der Waals surface area contributed by atoms with Crippen molar-refractivity contribution in [2.45, 2.75) is 25.4 Å². The lowest BCUT2D eigenvalue weighted by Gasteiger charge is -2.06. The second-order valence-electron chi connectivity index (χ2n) is 4.89. The summed E-state index contributed by atoms with van der Waals surface area (Å²) in [6.07, 6.45) is 3.93. The van der Waals surface area contributed by atoms with E-state index in [1.165, 1.54) is 26.0 Å². The molecule has 1 fully saturated rings. The van der Waals surface area contributed by atoms with E-state index in [0.717, 1.165) is 0 Å². The molecule has 7 heteroatoms. The predicted octanol–water partition coefficient (Wildman–Crippen LogP) is 2.51. The van der Waals surface area contributed by atoms with Crippen LogP contribution in [0, 0.1) is 10.1 Å². The van der Waals surface area contributed by atoms with Gasteiger partial charge in [-0.3, -0.25) is 10.1 Å². The average Bonchev–Trinajstić information content (AvgIpc) is 3.21. The van der Waals surface area contributed by atoms with Gasteiger partial charge in [0.2, 0.25) is 11.6 Å². The number of rotatable bonds is 6. The van der Waals surface area contributed by atoms with Gasteiger partial charge in [-0.05, 0) is 18.9 Å². The summed E-state index contributed by atoms with van der Waals surface area (Å²) < 4.78 is 10.8. The minimum Gasteiger partial charge on any atom is -0.490 e. The highest BCUT2D eigenvalue weighted by Crippen LogP contribution is 2.37. The Labute approximate surface area is 121 Å². The summed E-state index contributed by atoms with van der Waals surface area (Å²) >= 11 is 0. The second-order valence-corrected chi connectivity index (χ2v) is 4.89. The number of para-hydroxylation sites is 1. The Morgan fingerprint density at radius 3 is 3.00 bits per heavy atom. The van der Waals surface area contributed by atoms with E-state index in [1.807, 2.05) is 0 Å². The molecule has 0 spiro atoms. The van der Waals surface area contributed by atoms with Crippen LogP contribution in [0.1, 0.15) is 18.7 Å².